The van der Waals surface area contributed by atoms with Crippen molar-refractivity contribution in [1.82, 2.24) is 14.8 Å². The molecule has 0 saturated carbocycles. The molecule has 0 spiro atoms. The number of phenolic OH excluding ortho intramolecular Hbond substituents is 1. The first kappa shape index (κ1) is 13.8. The van der Waals surface area contributed by atoms with Gasteiger partial charge in [0.15, 0.2) is 5.75 Å². The second kappa shape index (κ2) is 5.33. The zero-order valence-electron chi connectivity index (χ0n) is 12.3. The van der Waals surface area contributed by atoms with Crippen LogP contribution in [0.1, 0.15) is 16.8 Å². The van der Waals surface area contributed by atoms with Gasteiger partial charge in [-0.15, -0.1) is 0 Å². The molecule has 1 unspecified atom stereocenters. The average molecular weight is 285 g/mol. The van der Waals surface area contributed by atoms with Gasteiger partial charge in [-0.2, -0.15) is 0 Å². The molecule has 5 heteroatoms. The average Bonchev–Trinajstić information content (AvgIpc) is 2.97. The van der Waals surface area contributed by atoms with E-state index in [1.165, 1.54) is 0 Å². The molecule has 0 bridgehead atoms. The van der Waals surface area contributed by atoms with Gasteiger partial charge in [-0.1, -0.05) is 12.1 Å². The van der Waals surface area contributed by atoms with E-state index in [2.05, 4.69) is 9.88 Å². The van der Waals surface area contributed by atoms with E-state index in [0.717, 1.165) is 18.4 Å². The third-order valence-electron chi connectivity index (χ3n) is 4.16. The zero-order valence-corrected chi connectivity index (χ0v) is 12.3. The Morgan fingerprint density at radius 3 is 2.90 bits per heavy atom. The van der Waals surface area contributed by atoms with Gasteiger partial charge in [-0.05, 0) is 32.6 Å². The SMILES string of the molecule is CN(C)C1CCN(C(=O)c2ccc3cccnc3c2O)C1. The third kappa shape index (κ3) is 2.45. The summed E-state index contributed by atoms with van der Waals surface area (Å²) in [6, 6.07) is 7.58. The van der Waals surface area contributed by atoms with Crippen LogP contribution in [0.15, 0.2) is 30.5 Å². The molecule has 1 N–H and O–H groups in total. The summed E-state index contributed by atoms with van der Waals surface area (Å²) in [5, 5.41) is 11.2. The van der Waals surface area contributed by atoms with Gasteiger partial charge in [-0.3, -0.25) is 9.78 Å². The quantitative estimate of drug-likeness (QED) is 0.912. The van der Waals surface area contributed by atoms with Crippen LogP contribution in [0, 0.1) is 0 Å². The number of carbonyl (C=O) groups is 1. The van der Waals surface area contributed by atoms with Crippen LogP contribution in [0.5, 0.6) is 5.75 Å². The molecule has 21 heavy (non-hydrogen) atoms. The Morgan fingerprint density at radius 2 is 2.19 bits per heavy atom. The molecule has 1 saturated heterocycles. The van der Waals surface area contributed by atoms with Gasteiger partial charge >= 0.3 is 0 Å². The molecule has 1 aromatic heterocycles. The first-order valence-corrected chi connectivity index (χ1v) is 7.10. The molecule has 2 aromatic rings. The fourth-order valence-corrected chi connectivity index (χ4v) is 2.82. The maximum atomic E-state index is 12.6. The number of nitrogens with zero attached hydrogens (tertiary/aromatic N) is 3. The maximum Gasteiger partial charge on any atom is 0.257 e. The molecule has 5 nitrogen and oxygen atoms in total. The van der Waals surface area contributed by atoms with E-state index in [-0.39, 0.29) is 11.7 Å². The van der Waals surface area contributed by atoms with Crippen molar-refractivity contribution in [3.63, 3.8) is 0 Å². The number of phenols is 1. The van der Waals surface area contributed by atoms with E-state index in [0.29, 0.717) is 23.7 Å². The van der Waals surface area contributed by atoms with Gasteiger partial charge < -0.3 is 14.9 Å². The molecular weight excluding hydrogens is 266 g/mol. The lowest BCUT2D eigenvalue weighted by molar-refractivity contribution is 0.0780. The highest BCUT2D eigenvalue weighted by Gasteiger charge is 2.29. The van der Waals surface area contributed by atoms with Gasteiger partial charge in [0, 0.05) is 30.7 Å². The fourth-order valence-electron chi connectivity index (χ4n) is 2.82. The highest BCUT2D eigenvalue weighted by molar-refractivity contribution is 6.02. The molecule has 1 fully saturated rings. The lowest BCUT2D eigenvalue weighted by Gasteiger charge is -2.20. The summed E-state index contributed by atoms with van der Waals surface area (Å²) in [6.07, 6.45) is 2.58. The van der Waals surface area contributed by atoms with E-state index in [4.69, 9.17) is 0 Å². The Labute approximate surface area is 123 Å². The van der Waals surface area contributed by atoms with E-state index in [9.17, 15) is 9.90 Å². The molecule has 1 aliphatic heterocycles. The van der Waals surface area contributed by atoms with Gasteiger partial charge in [0.25, 0.3) is 5.91 Å². The van der Waals surface area contributed by atoms with Crippen molar-refractivity contribution < 1.29 is 9.90 Å². The predicted molar refractivity (Wildman–Crippen MR) is 81.4 cm³/mol. The van der Waals surface area contributed by atoms with Crippen molar-refractivity contribution in [2.75, 3.05) is 27.2 Å². The van der Waals surface area contributed by atoms with Crippen molar-refractivity contribution in [3.8, 4) is 5.75 Å². The number of likely N-dealkylation sites (tertiary alicyclic amines) is 1. The monoisotopic (exact) mass is 285 g/mol. The van der Waals surface area contributed by atoms with Crippen LogP contribution in [-0.2, 0) is 0 Å². The number of likely N-dealkylation sites (N-methyl/N-ethyl adjacent to an activating group) is 1. The largest absolute Gasteiger partial charge is 0.505 e. The summed E-state index contributed by atoms with van der Waals surface area (Å²) in [5.41, 5.74) is 0.812. The van der Waals surface area contributed by atoms with Gasteiger partial charge in [0.1, 0.15) is 5.52 Å². The van der Waals surface area contributed by atoms with Crippen LogP contribution < -0.4 is 0 Å². The normalized spacial score (nSPS) is 18.6. The van der Waals surface area contributed by atoms with Crippen molar-refractivity contribution in [2.45, 2.75) is 12.5 Å². The summed E-state index contributed by atoms with van der Waals surface area (Å²) in [4.78, 5) is 20.7. The second-order valence-electron chi connectivity index (χ2n) is 5.69. The Hall–Kier alpha value is -2.14. The molecule has 1 atom stereocenters. The minimum atomic E-state index is -0.121. The number of aromatic hydroxyl groups is 1. The smallest absolute Gasteiger partial charge is 0.257 e. The fraction of sp³-hybridized carbons (Fsp3) is 0.375. The Balaban J connectivity index is 1.90. The number of fused-ring (bicyclic) bond motifs is 1. The van der Waals surface area contributed by atoms with Crippen molar-refractivity contribution in [1.29, 1.82) is 0 Å². The van der Waals surface area contributed by atoms with E-state index >= 15 is 0 Å². The number of rotatable bonds is 2. The van der Waals surface area contributed by atoms with Gasteiger partial charge in [0.2, 0.25) is 0 Å². The molecule has 2 heterocycles. The highest BCUT2D eigenvalue weighted by atomic mass is 16.3. The minimum absolute atomic E-state index is 0.0218. The van der Waals surface area contributed by atoms with Crippen LogP contribution in [-0.4, -0.2) is 59.0 Å². The molecule has 1 aromatic carbocycles. The standard InChI is InChI=1S/C16H19N3O2/c1-18(2)12-7-9-19(10-12)16(21)13-6-5-11-4-3-8-17-14(11)15(13)20/h3-6,8,12,20H,7,9-10H2,1-2H3. The number of amides is 1. The summed E-state index contributed by atoms with van der Waals surface area (Å²) in [7, 11) is 4.05. The Bertz CT molecular complexity index is 684. The molecule has 1 aliphatic rings. The number of hydrogen-bond acceptors (Lipinski definition) is 4. The van der Waals surface area contributed by atoms with E-state index < -0.39 is 0 Å². The molecule has 0 radical (unpaired) electrons. The van der Waals surface area contributed by atoms with Crippen molar-refractivity contribution in [2.24, 2.45) is 0 Å². The summed E-state index contributed by atoms with van der Waals surface area (Å²) in [5.74, 6) is -0.143. The maximum absolute atomic E-state index is 12.6. The van der Waals surface area contributed by atoms with Crippen LogP contribution in [0.2, 0.25) is 0 Å². The van der Waals surface area contributed by atoms with Gasteiger partial charge in [-0.25, -0.2) is 0 Å². The minimum Gasteiger partial charge on any atom is -0.505 e. The second-order valence-corrected chi connectivity index (χ2v) is 5.69. The zero-order chi connectivity index (χ0) is 15.0. The Morgan fingerprint density at radius 1 is 1.38 bits per heavy atom. The summed E-state index contributed by atoms with van der Waals surface area (Å²) < 4.78 is 0. The third-order valence-corrected chi connectivity index (χ3v) is 4.16. The van der Waals surface area contributed by atoms with Crippen LogP contribution in [0.3, 0.4) is 0 Å². The molecular formula is C16H19N3O2. The number of hydrogen-bond donors (Lipinski definition) is 1. The van der Waals surface area contributed by atoms with Crippen LogP contribution in [0.4, 0.5) is 0 Å². The predicted octanol–water partition coefficient (Wildman–Crippen LogP) is 1.72. The van der Waals surface area contributed by atoms with Crippen molar-refractivity contribution in [3.05, 3.63) is 36.0 Å². The molecule has 1 amide bonds. The Kier molecular flexibility index (Phi) is 3.51. The first-order chi connectivity index (χ1) is 10.1. The van der Waals surface area contributed by atoms with E-state index in [1.54, 1.807) is 17.2 Å². The topological polar surface area (TPSA) is 56.7 Å². The number of carbonyl (C=O) groups excluding carboxylic acids is 1. The number of pyridine rings is 1. The summed E-state index contributed by atoms with van der Waals surface area (Å²) in [6.45, 7) is 1.42. The molecule has 110 valence electrons. The summed E-state index contributed by atoms with van der Waals surface area (Å²) >= 11 is 0. The first-order valence-electron chi connectivity index (χ1n) is 7.10. The van der Waals surface area contributed by atoms with Crippen molar-refractivity contribution >= 4 is 16.8 Å². The molecule has 3 rings (SSSR count). The van der Waals surface area contributed by atoms with E-state index in [1.807, 2.05) is 32.3 Å². The highest BCUT2D eigenvalue weighted by Crippen LogP contribution is 2.28. The molecule has 0 aliphatic carbocycles. The van der Waals surface area contributed by atoms with Gasteiger partial charge in [0.05, 0.1) is 5.56 Å². The number of benzene rings is 1. The van der Waals surface area contributed by atoms with Crippen LogP contribution in [0.25, 0.3) is 10.9 Å². The number of aromatic nitrogens is 1. The lowest BCUT2D eigenvalue weighted by Crippen LogP contribution is -2.34. The lowest BCUT2D eigenvalue weighted by atomic mass is 10.1. The van der Waals surface area contributed by atoms with Crippen LogP contribution >= 0.6 is 0 Å².